The number of hydrogen-bond acceptors (Lipinski definition) is 4. The van der Waals surface area contributed by atoms with E-state index in [0.29, 0.717) is 24.3 Å². The number of anilines is 2. The molecular weight excluding hydrogens is 338 g/mol. The fourth-order valence-electron chi connectivity index (χ4n) is 3.12. The first-order chi connectivity index (χ1) is 12.9. The molecule has 5 nitrogen and oxygen atoms in total. The molecule has 0 aliphatic heterocycles. The summed E-state index contributed by atoms with van der Waals surface area (Å²) in [5, 5.41) is 0. The lowest BCUT2D eigenvalue weighted by Gasteiger charge is -2.25. The number of nitrogens with two attached hydrogens (primary N) is 1. The maximum Gasteiger partial charge on any atom is 0.254 e. The molecule has 0 aliphatic carbocycles. The van der Waals surface area contributed by atoms with Gasteiger partial charge in [-0.05, 0) is 55.0 Å². The molecule has 5 heteroatoms. The molecule has 0 saturated heterocycles. The quantitative estimate of drug-likeness (QED) is 0.670. The van der Waals surface area contributed by atoms with E-state index in [9.17, 15) is 4.79 Å². The standard InChI is InChI=1S/C22H25N3O2/c1-16-6-4-7-17(12-16)22(26)25(15-20-8-5-11-27-20)14-18-13-19(23)9-10-21(18)24(2)3/h4-13H,14-15,23H2,1-3H3. The third-order valence-corrected chi connectivity index (χ3v) is 4.43. The van der Waals surface area contributed by atoms with Crippen molar-refractivity contribution < 1.29 is 9.21 Å². The molecule has 0 radical (unpaired) electrons. The van der Waals surface area contributed by atoms with E-state index in [0.717, 1.165) is 22.6 Å². The minimum atomic E-state index is -0.0396. The Morgan fingerprint density at radius 2 is 1.85 bits per heavy atom. The largest absolute Gasteiger partial charge is 0.467 e. The minimum absolute atomic E-state index is 0.0396. The van der Waals surface area contributed by atoms with E-state index >= 15 is 0 Å². The maximum absolute atomic E-state index is 13.2. The number of amides is 1. The van der Waals surface area contributed by atoms with E-state index in [1.807, 2.05) is 80.5 Å². The summed E-state index contributed by atoms with van der Waals surface area (Å²) in [7, 11) is 3.96. The van der Waals surface area contributed by atoms with Crippen molar-refractivity contribution >= 4 is 17.3 Å². The van der Waals surface area contributed by atoms with E-state index in [-0.39, 0.29) is 5.91 Å². The Hall–Kier alpha value is -3.21. The zero-order valence-corrected chi connectivity index (χ0v) is 16.0. The van der Waals surface area contributed by atoms with Crippen LogP contribution in [0.1, 0.15) is 27.2 Å². The average molecular weight is 363 g/mol. The molecule has 140 valence electrons. The van der Waals surface area contributed by atoms with Crippen molar-refractivity contribution in [3.63, 3.8) is 0 Å². The Labute approximate surface area is 160 Å². The van der Waals surface area contributed by atoms with Crippen LogP contribution >= 0.6 is 0 Å². The summed E-state index contributed by atoms with van der Waals surface area (Å²) in [5.74, 6) is 0.702. The van der Waals surface area contributed by atoms with Crippen molar-refractivity contribution in [2.24, 2.45) is 0 Å². The van der Waals surface area contributed by atoms with Crippen LogP contribution in [0.3, 0.4) is 0 Å². The normalized spacial score (nSPS) is 10.6. The van der Waals surface area contributed by atoms with Gasteiger partial charge in [-0.25, -0.2) is 0 Å². The molecular formula is C22H25N3O2. The maximum atomic E-state index is 13.2. The second-order valence-corrected chi connectivity index (χ2v) is 6.89. The molecule has 1 aromatic heterocycles. The number of aryl methyl sites for hydroxylation is 1. The van der Waals surface area contributed by atoms with E-state index in [4.69, 9.17) is 10.2 Å². The molecule has 0 saturated carbocycles. The molecule has 0 aliphatic rings. The van der Waals surface area contributed by atoms with Crippen molar-refractivity contribution in [1.82, 2.24) is 4.90 Å². The van der Waals surface area contributed by atoms with Gasteiger partial charge in [0, 0.05) is 37.6 Å². The van der Waals surface area contributed by atoms with Crippen molar-refractivity contribution in [1.29, 1.82) is 0 Å². The molecule has 0 spiro atoms. The van der Waals surface area contributed by atoms with Crippen LogP contribution in [0.25, 0.3) is 0 Å². The van der Waals surface area contributed by atoms with Crippen LogP contribution in [0.2, 0.25) is 0 Å². The van der Waals surface area contributed by atoms with E-state index in [2.05, 4.69) is 0 Å². The SMILES string of the molecule is Cc1cccc(C(=O)N(Cc2ccco2)Cc2cc(N)ccc2N(C)C)c1. The Kier molecular flexibility index (Phi) is 5.50. The Balaban J connectivity index is 1.95. The highest BCUT2D eigenvalue weighted by atomic mass is 16.3. The smallest absolute Gasteiger partial charge is 0.254 e. The summed E-state index contributed by atoms with van der Waals surface area (Å²) in [6, 6.07) is 17.1. The van der Waals surface area contributed by atoms with Crippen molar-refractivity contribution in [2.75, 3.05) is 24.7 Å². The summed E-state index contributed by atoms with van der Waals surface area (Å²) in [4.78, 5) is 17.0. The lowest BCUT2D eigenvalue weighted by molar-refractivity contribution is 0.0718. The van der Waals surface area contributed by atoms with Gasteiger partial charge in [-0.2, -0.15) is 0 Å². The highest BCUT2D eigenvalue weighted by Crippen LogP contribution is 2.25. The van der Waals surface area contributed by atoms with E-state index in [1.165, 1.54) is 0 Å². The highest BCUT2D eigenvalue weighted by molar-refractivity contribution is 5.94. The van der Waals surface area contributed by atoms with Gasteiger partial charge in [-0.3, -0.25) is 4.79 Å². The number of hydrogen-bond donors (Lipinski definition) is 1. The number of carbonyl (C=O) groups excluding carboxylic acids is 1. The number of carbonyl (C=O) groups is 1. The third kappa shape index (κ3) is 4.50. The van der Waals surface area contributed by atoms with Gasteiger partial charge >= 0.3 is 0 Å². The summed E-state index contributed by atoms with van der Waals surface area (Å²) in [6.45, 7) is 2.81. The minimum Gasteiger partial charge on any atom is -0.467 e. The summed E-state index contributed by atoms with van der Waals surface area (Å²) >= 11 is 0. The molecule has 3 rings (SSSR count). The van der Waals surface area contributed by atoms with Crippen LogP contribution in [0.5, 0.6) is 0 Å². The number of furan rings is 1. The molecule has 2 aromatic carbocycles. The molecule has 3 aromatic rings. The van der Waals surface area contributed by atoms with Gasteiger partial charge in [0.25, 0.3) is 5.91 Å². The lowest BCUT2D eigenvalue weighted by Crippen LogP contribution is -2.30. The number of rotatable bonds is 6. The number of nitrogen functional groups attached to an aromatic ring is 1. The molecule has 1 amide bonds. The monoisotopic (exact) mass is 363 g/mol. The van der Waals surface area contributed by atoms with Crippen LogP contribution in [-0.2, 0) is 13.1 Å². The fourth-order valence-corrected chi connectivity index (χ4v) is 3.12. The molecule has 1 heterocycles. The van der Waals surface area contributed by atoms with E-state index < -0.39 is 0 Å². The third-order valence-electron chi connectivity index (χ3n) is 4.43. The average Bonchev–Trinajstić information content (AvgIpc) is 3.13. The summed E-state index contributed by atoms with van der Waals surface area (Å²) in [6.07, 6.45) is 1.62. The zero-order valence-electron chi connectivity index (χ0n) is 16.0. The second-order valence-electron chi connectivity index (χ2n) is 6.89. The van der Waals surface area contributed by atoms with Gasteiger partial charge in [-0.15, -0.1) is 0 Å². The first kappa shape index (κ1) is 18.6. The Bertz CT molecular complexity index is 917. The molecule has 0 unspecified atom stereocenters. The van der Waals surface area contributed by atoms with Crippen LogP contribution in [0, 0.1) is 6.92 Å². The lowest BCUT2D eigenvalue weighted by atomic mass is 10.1. The Morgan fingerprint density at radius 1 is 1.04 bits per heavy atom. The van der Waals surface area contributed by atoms with Gasteiger partial charge in [0.1, 0.15) is 5.76 Å². The molecule has 2 N–H and O–H groups in total. The Morgan fingerprint density at radius 3 is 2.52 bits per heavy atom. The second kappa shape index (κ2) is 7.99. The first-order valence-electron chi connectivity index (χ1n) is 8.88. The topological polar surface area (TPSA) is 62.7 Å². The first-order valence-corrected chi connectivity index (χ1v) is 8.88. The molecule has 0 fully saturated rings. The van der Waals surface area contributed by atoms with Gasteiger partial charge < -0.3 is 20.0 Å². The zero-order chi connectivity index (χ0) is 19.4. The predicted molar refractivity (Wildman–Crippen MR) is 109 cm³/mol. The fraction of sp³-hybridized carbons (Fsp3) is 0.227. The van der Waals surface area contributed by atoms with Crippen molar-refractivity contribution in [2.45, 2.75) is 20.0 Å². The van der Waals surface area contributed by atoms with Gasteiger partial charge in [0.15, 0.2) is 0 Å². The van der Waals surface area contributed by atoms with Gasteiger partial charge in [0.05, 0.1) is 12.8 Å². The molecule has 0 bridgehead atoms. The highest BCUT2D eigenvalue weighted by Gasteiger charge is 2.20. The predicted octanol–water partition coefficient (Wildman–Crippen LogP) is 4.08. The van der Waals surface area contributed by atoms with Gasteiger partial charge in [-0.1, -0.05) is 17.7 Å². The summed E-state index contributed by atoms with van der Waals surface area (Å²) < 4.78 is 5.48. The molecule has 27 heavy (non-hydrogen) atoms. The summed E-state index contributed by atoms with van der Waals surface area (Å²) in [5.41, 5.74) is 10.4. The number of nitrogens with zero attached hydrogens (tertiary/aromatic N) is 2. The van der Waals surface area contributed by atoms with Crippen LogP contribution in [-0.4, -0.2) is 24.9 Å². The van der Waals surface area contributed by atoms with Crippen LogP contribution in [0.4, 0.5) is 11.4 Å². The van der Waals surface area contributed by atoms with Crippen LogP contribution in [0.15, 0.2) is 65.3 Å². The molecule has 0 atom stereocenters. The van der Waals surface area contributed by atoms with Gasteiger partial charge in [0.2, 0.25) is 0 Å². The van der Waals surface area contributed by atoms with Crippen molar-refractivity contribution in [3.05, 3.63) is 83.3 Å². The number of benzene rings is 2. The van der Waals surface area contributed by atoms with Crippen molar-refractivity contribution in [3.8, 4) is 0 Å². The van der Waals surface area contributed by atoms with Crippen LogP contribution < -0.4 is 10.6 Å². The van der Waals surface area contributed by atoms with E-state index in [1.54, 1.807) is 11.2 Å².